The lowest BCUT2D eigenvalue weighted by atomic mass is 10.1. The van der Waals surface area contributed by atoms with Gasteiger partial charge in [-0.1, -0.05) is 57.2 Å². The molecule has 1 aromatic carbocycles. The zero-order chi connectivity index (χ0) is 12.1. The van der Waals surface area contributed by atoms with Crippen LogP contribution >= 0.6 is 0 Å². The molecule has 2 heteroatoms. The van der Waals surface area contributed by atoms with Crippen LogP contribution < -0.4 is 0 Å². The molecular formula is C14H24O2. The minimum atomic E-state index is 0.322. The van der Waals surface area contributed by atoms with Gasteiger partial charge in [-0.2, -0.15) is 0 Å². The van der Waals surface area contributed by atoms with E-state index in [-0.39, 0.29) is 0 Å². The van der Waals surface area contributed by atoms with Crippen LogP contribution in [0.1, 0.15) is 45.4 Å². The molecule has 0 heterocycles. The molecule has 2 N–H and O–H groups in total. The average Bonchev–Trinajstić information content (AvgIpc) is 2.31. The molecule has 0 radical (unpaired) electrons. The smallest absolute Gasteiger partial charge is 0.115 e. The molecule has 92 valence electrons. The maximum Gasteiger partial charge on any atom is 0.115 e. The van der Waals surface area contributed by atoms with E-state index in [2.05, 4.69) is 6.92 Å². The average molecular weight is 224 g/mol. The normalized spacial score (nSPS) is 9.38. The molecule has 0 bridgehead atoms. The van der Waals surface area contributed by atoms with Crippen LogP contribution in [-0.2, 0) is 0 Å². The number of aromatic hydroxyl groups is 1. The predicted molar refractivity (Wildman–Crippen MR) is 68.6 cm³/mol. The molecule has 16 heavy (non-hydrogen) atoms. The van der Waals surface area contributed by atoms with Gasteiger partial charge in [0.25, 0.3) is 0 Å². The molecule has 0 amide bonds. The summed E-state index contributed by atoms with van der Waals surface area (Å²) in [4.78, 5) is 0. The van der Waals surface area contributed by atoms with Crippen molar-refractivity contribution < 1.29 is 10.2 Å². The molecule has 0 fully saturated rings. The van der Waals surface area contributed by atoms with E-state index in [4.69, 9.17) is 10.2 Å². The summed E-state index contributed by atoms with van der Waals surface area (Å²) in [5, 5.41) is 17.1. The third-order valence-corrected chi connectivity index (χ3v) is 2.27. The Labute approximate surface area is 98.9 Å². The van der Waals surface area contributed by atoms with E-state index in [9.17, 15) is 0 Å². The first-order valence-electron chi connectivity index (χ1n) is 6.16. The Bertz CT molecular complexity index is 215. The van der Waals surface area contributed by atoms with E-state index in [0.717, 1.165) is 6.42 Å². The molecule has 0 atom stereocenters. The number of hydrogen-bond donors (Lipinski definition) is 2. The Morgan fingerprint density at radius 1 is 0.875 bits per heavy atom. The standard InChI is InChI=1S/C8H18O.C6H6O/c1-2-3-4-5-6-7-8-9;7-6-4-2-1-3-5-6/h9H,2-8H2,1H3;1-5,7H. The highest BCUT2D eigenvalue weighted by Gasteiger charge is 1.86. The van der Waals surface area contributed by atoms with Crippen molar-refractivity contribution in [1.29, 1.82) is 0 Å². The molecular weight excluding hydrogens is 200 g/mol. The summed E-state index contributed by atoms with van der Waals surface area (Å²) in [6, 6.07) is 8.71. The van der Waals surface area contributed by atoms with Gasteiger partial charge in [0.15, 0.2) is 0 Å². The number of para-hydroxylation sites is 1. The summed E-state index contributed by atoms with van der Waals surface area (Å²) in [6.45, 7) is 2.58. The molecule has 0 aliphatic carbocycles. The Balaban J connectivity index is 0.000000288. The zero-order valence-electron chi connectivity index (χ0n) is 10.2. The van der Waals surface area contributed by atoms with E-state index in [1.54, 1.807) is 24.3 Å². The van der Waals surface area contributed by atoms with Gasteiger partial charge >= 0.3 is 0 Å². The van der Waals surface area contributed by atoms with Crippen molar-refractivity contribution in [1.82, 2.24) is 0 Å². The largest absolute Gasteiger partial charge is 0.508 e. The molecule has 2 nitrogen and oxygen atoms in total. The molecule has 0 unspecified atom stereocenters. The number of unbranched alkanes of at least 4 members (excludes halogenated alkanes) is 5. The van der Waals surface area contributed by atoms with Crippen molar-refractivity contribution in [3.05, 3.63) is 30.3 Å². The Morgan fingerprint density at radius 3 is 1.88 bits per heavy atom. The van der Waals surface area contributed by atoms with Gasteiger partial charge in [0, 0.05) is 6.61 Å². The summed E-state index contributed by atoms with van der Waals surface area (Å²) in [5.41, 5.74) is 0. The summed E-state index contributed by atoms with van der Waals surface area (Å²) >= 11 is 0. The van der Waals surface area contributed by atoms with Crippen LogP contribution in [0.4, 0.5) is 0 Å². The van der Waals surface area contributed by atoms with Crippen LogP contribution in [0.5, 0.6) is 5.75 Å². The highest BCUT2D eigenvalue weighted by Crippen LogP contribution is 2.03. The number of phenolic OH excluding ortho intramolecular Hbond substituents is 1. The predicted octanol–water partition coefficient (Wildman–Crippen LogP) is 3.73. The third kappa shape index (κ3) is 11.1. The van der Waals surface area contributed by atoms with Crippen LogP contribution in [0.2, 0.25) is 0 Å². The number of rotatable bonds is 6. The minimum Gasteiger partial charge on any atom is -0.508 e. The third-order valence-electron chi connectivity index (χ3n) is 2.27. The first-order valence-corrected chi connectivity index (χ1v) is 6.16. The van der Waals surface area contributed by atoms with E-state index >= 15 is 0 Å². The lowest BCUT2D eigenvalue weighted by Crippen LogP contribution is -1.82. The van der Waals surface area contributed by atoms with Crippen LogP contribution in [0.3, 0.4) is 0 Å². The van der Waals surface area contributed by atoms with E-state index in [0.29, 0.717) is 12.4 Å². The summed E-state index contributed by atoms with van der Waals surface area (Å²) in [5.74, 6) is 0.322. The molecule has 1 rings (SSSR count). The van der Waals surface area contributed by atoms with Gasteiger partial charge < -0.3 is 10.2 Å². The second-order valence-corrected chi connectivity index (χ2v) is 3.83. The van der Waals surface area contributed by atoms with Crippen LogP contribution in [0, 0.1) is 0 Å². The molecule has 0 saturated heterocycles. The van der Waals surface area contributed by atoms with Gasteiger partial charge in [0.1, 0.15) is 5.75 Å². The lowest BCUT2D eigenvalue weighted by molar-refractivity contribution is 0.282. The van der Waals surface area contributed by atoms with Gasteiger partial charge in [0.2, 0.25) is 0 Å². The molecule has 0 aromatic heterocycles. The first-order chi connectivity index (χ1) is 7.81. The van der Waals surface area contributed by atoms with Gasteiger partial charge in [0.05, 0.1) is 0 Å². The van der Waals surface area contributed by atoms with Crippen molar-refractivity contribution in [2.45, 2.75) is 45.4 Å². The summed E-state index contributed by atoms with van der Waals surface area (Å²) in [7, 11) is 0. The van der Waals surface area contributed by atoms with Crippen LogP contribution in [0.25, 0.3) is 0 Å². The van der Waals surface area contributed by atoms with Gasteiger partial charge in [-0.15, -0.1) is 0 Å². The molecule has 0 spiro atoms. The Hall–Kier alpha value is -1.02. The fourth-order valence-corrected chi connectivity index (χ4v) is 1.32. The monoisotopic (exact) mass is 224 g/mol. The number of phenols is 1. The molecule has 0 saturated carbocycles. The second-order valence-electron chi connectivity index (χ2n) is 3.83. The first kappa shape index (κ1) is 15.0. The zero-order valence-corrected chi connectivity index (χ0v) is 10.2. The minimum absolute atomic E-state index is 0.322. The fraction of sp³-hybridized carbons (Fsp3) is 0.571. The highest BCUT2D eigenvalue weighted by molar-refractivity contribution is 5.18. The number of aliphatic hydroxyl groups is 1. The molecule has 0 aliphatic heterocycles. The number of aliphatic hydroxyl groups excluding tert-OH is 1. The maximum absolute atomic E-state index is 8.63. The van der Waals surface area contributed by atoms with Gasteiger partial charge in [-0.25, -0.2) is 0 Å². The van der Waals surface area contributed by atoms with Crippen molar-refractivity contribution in [3.63, 3.8) is 0 Å². The fourth-order valence-electron chi connectivity index (χ4n) is 1.32. The van der Waals surface area contributed by atoms with Crippen LogP contribution in [0.15, 0.2) is 30.3 Å². The van der Waals surface area contributed by atoms with Gasteiger partial charge in [-0.3, -0.25) is 0 Å². The maximum atomic E-state index is 8.63. The van der Waals surface area contributed by atoms with E-state index in [1.807, 2.05) is 6.07 Å². The Kier molecular flexibility index (Phi) is 11.3. The van der Waals surface area contributed by atoms with Crippen molar-refractivity contribution >= 4 is 0 Å². The lowest BCUT2D eigenvalue weighted by Gasteiger charge is -1.95. The van der Waals surface area contributed by atoms with Crippen molar-refractivity contribution in [2.24, 2.45) is 0 Å². The number of benzene rings is 1. The topological polar surface area (TPSA) is 40.5 Å². The summed E-state index contributed by atoms with van der Waals surface area (Å²) in [6.07, 6.45) is 7.50. The van der Waals surface area contributed by atoms with Crippen molar-refractivity contribution in [2.75, 3.05) is 6.61 Å². The second kappa shape index (κ2) is 12.1. The summed E-state index contributed by atoms with van der Waals surface area (Å²) < 4.78 is 0. The SMILES string of the molecule is CCCCCCCCO.Oc1ccccc1. The quantitative estimate of drug-likeness (QED) is 0.723. The Morgan fingerprint density at radius 2 is 1.44 bits per heavy atom. The molecule has 1 aromatic rings. The van der Waals surface area contributed by atoms with Crippen molar-refractivity contribution in [3.8, 4) is 5.75 Å². The van der Waals surface area contributed by atoms with Crippen LogP contribution in [-0.4, -0.2) is 16.8 Å². The highest BCUT2D eigenvalue weighted by atomic mass is 16.3. The molecule has 0 aliphatic rings. The van der Waals surface area contributed by atoms with E-state index in [1.165, 1.54) is 32.1 Å². The van der Waals surface area contributed by atoms with Gasteiger partial charge in [-0.05, 0) is 18.6 Å². The van der Waals surface area contributed by atoms with E-state index < -0.39 is 0 Å². The number of hydrogen-bond acceptors (Lipinski definition) is 2.